The molecule has 0 saturated carbocycles. The number of aryl methyl sites for hydroxylation is 2. The van der Waals surface area contributed by atoms with Crippen molar-refractivity contribution in [2.24, 2.45) is 0 Å². The molecule has 0 bridgehead atoms. The van der Waals surface area contributed by atoms with Crippen molar-refractivity contribution in [3.8, 4) is 5.75 Å². The number of benzene rings is 1. The van der Waals surface area contributed by atoms with Crippen LogP contribution >= 0.6 is 0 Å². The first-order valence-corrected chi connectivity index (χ1v) is 2.96. The molecular weight excluding hydrogens is 151 g/mol. The van der Waals surface area contributed by atoms with Crippen LogP contribution in [0.15, 0.2) is 18.2 Å². The van der Waals surface area contributed by atoms with Crippen LogP contribution in [0.4, 0.5) is 0 Å². The van der Waals surface area contributed by atoms with E-state index in [-0.39, 0.29) is 35.0 Å². The quantitative estimate of drug-likeness (QED) is 0.489. The summed E-state index contributed by atoms with van der Waals surface area (Å²) in [6.07, 6.45) is 0. The van der Waals surface area contributed by atoms with Crippen molar-refractivity contribution in [1.29, 1.82) is 0 Å². The zero-order chi connectivity index (χ0) is 6.85. The van der Waals surface area contributed by atoms with Crippen molar-refractivity contribution in [2.75, 3.05) is 0 Å². The van der Waals surface area contributed by atoms with E-state index >= 15 is 0 Å². The Bertz CT molecular complexity index is 223. The Kier molecular flexibility index (Phi) is 6.91. The van der Waals surface area contributed by atoms with Crippen LogP contribution in [0.3, 0.4) is 0 Å². The second-order valence-electron chi connectivity index (χ2n) is 2.29. The molecule has 0 atom stereocenters. The van der Waals surface area contributed by atoms with Gasteiger partial charge >= 0.3 is 29.6 Å². The largest absolute Gasteiger partial charge is 1.00 e. The summed E-state index contributed by atoms with van der Waals surface area (Å²) in [4.78, 5) is 0. The molecule has 56 valence electrons. The second-order valence-corrected chi connectivity index (χ2v) is 2.29. The first-order valence-electron chi connectivity index (χ1n) is 2.96. The molecule has 0 spiro atoms. The van der Waals surface area contributed by atoms with Crippen molar-refractivity contribution in [2.45, 2.75) is 13.8 Å². The van der Waals surface area contributed by atoms with Crippen LogP contribution in [0.1, 0.15) is 11.1 Å². The maximum Gasteiger partial charge on any atom is 1.00 e. The maximum atomic E-state index is 9.04. The summed E-state index contributed by atoms with van der Waals surface area (Å²) in [5.41, 5.74) is 2.13. The molecule has 1 aromatic rings. The SMILES string of the molecule is Cc1ccc(O)c(C)c1.[Na+].[OH-]. The minimum atomic E-state index is 0. The predicted octanol–water partition coefficient (Wildman–Crippen LogP) is -1.16. The van der Waals surface area contributed by atoms with Gasteiger partial charge in [0.15, 0.2) is 0 Å². The van der Waals surface area contributed by atoms with Crippen molar-refractivity contribution < 1.29 is 40.1 Å². The van der Waals surface area contributed by atoms with Gasteiger partial charge in [-0.1, -0.05) is 17.7 Å². The van der Waals surface area contributed by atoms with Crippen LogP contribution in [0.25, 0.3) is 0 Å². The predicted molar refractivity (Wildman–Crippen MR) is 39.5 cm³/mol. The van der Waals surface area contributed by atoms with Gasteiger partial charge in [0.05, 0.1) is 0 Å². The fraction of sp³-hybridized carbons (Fsp3) is 0.250. The van der Waals surface area contributed by atoms with Gasteiger partial charge in [-0.05, 0) is 25.5 Å². The van der Waals surface area contributed by atoms with Gasteiger partial charge < -0.3 is 10.6 Å². The van der Waals surface area contributed by atoms with E-state index < -0.39 is 0 Å². The summed E-state index contributed by atoms with van der Waals surface area (Å²) in [6.45, 7) is 3.90. The van der Waals surface area contributed by atoms with E-state index in [4.69, 9.17) is 5.11 Å². The van der Waals surface area contributed by atoms with E-state index in [0.29, 0.717) is 5.75 Å². The Morgan fingerprint density at radius 1 is 1.18 bits per heavy atom. The molecule has 2 N–H and O–H groups in total. The standard InChI is InChI=1S/C8H10O.Na.H2O/c1-6-3-4-8(9)7(2)5-6;;/h3-5,9H,1-2H3;;1H2/q;+1;/p-1. The molecule has 0 heterocycles. The van der Waals surface area contributed by atoms with Gasteiger partial charge in [-0.15, -0.1) is 0 Å². The normalized spacial score (nSPS) is 7.82. The van der Waals surface area contributed by atoms with E-state index in [9.17, 15) is 0 Å². The summed E-state index contributed by atoms with van der Waals surface area (Å²) in [7, 11) is 0. The molecule has 2 nitrogen and oxygen atoms in total. The van der Waals surface area contributed by atoms with E-state index in [0.717, 1.165) is 5.56 Å². The number of aromatic hydroxyl groups is 1. The zero-order valence-corrected chi connectivity index (χ0v) is 9.13. The first kappa shape index (κ1) is 13.6. The molecule has 0 aromatic heterocycles. The third-order valence-electron chi connectivity index (χ3n) is 1.35. The topological polar surface area (TPSA) is 50.2 Å². The Labute approximate surface area is 88.8 Å². The molecule has 0 aliphatic rings. The van der Waals surface area contributed by atoms with Crippen LogP contribution in [0.2, 0.25) is 0 Å². The van der Waals surface area contributed by atoms with Gasteiger partial charge in [0, 0.05) is 0 Å². The molecule has 0 saturated heterocycles. The van der Waals surface area contributed by atoms with E-state index in [2.05, 4.69) is 0 Å². The number of phenolic OH excluding ortho intramolecular Hbond substituents is 1. The van der Waals surface area contributed by atoms with Gasteiger partial charge in [-0.2, -0.15) is 0 Å². The molecule has 0 radical (unpaired) electrons. The minimum Gasteiger partial charge on any atom is -0.870 e. The van der Waals surface area contributed by atoms with Crippen LogP contribution < -0.4 is 29.6 Å². The van der Waals surface area contributed by atoms with Gasteiger partial charge in [0.1, 0.15) is 5.75 Å². The molecule has 0 unspecified atom stereocenters. The van der Waals surface area contributed by atoms with Gasteiger partial charge in [-0.25, -0.2) is 0 Å². The van der Waals surface area contributed by atoms with Crippen molar-refractivity contribution in [3.63, 3.8) is 0 Å². The molecule has 3 heteroatoms. The second kappa shape index (κ2) is 5.61. The summed E-state index contributed by atoms with van der Waals surface area (Å²) >= 11 is 0. The smallest absolute Gasteiger partial charge is 0.870 e. The third kappa shape index (κ3) is 3.77. The minimum absolute atomic E-state index is 0. The molecule has 11 heavy (non-hydrogen) atoms. The van der Waals surface area contributed by atoms with Crippen LogP contribution in [-0.2, 0) is 0 Å². The Hall–Kier alpha value is -0.0200. The number of phenols is 1. The Morgan fingerprint density at radius 2 is 1.73 bits per heavy atom. The monoisotopic (exact) mass is 162 g/mol. The molecule has 1 aromatic carbocycles. The van der Waals surface area contributed by atoms with Crippen molar-refractivity contribution in [1.82, 2.24) is 0 Å². The van der Waals surface area contributed by atoms with E-state index in [1.165, 1.54) is 5.56 Å². The Morgan fingerprint density at radius 3 is 2.09 bits per heavy atom. The summed E-state index contributed by atoms with van der Waals surface area (Å²) in [6, 6.07) is 5.56. The third-order valence-corrected chi connectivity index (χ3v) is 1.35. The van der Waals surface area contributed by atoms with Gasteiger partial charge in [0.25, 0.3) is 0 Å². The van der Waals surface area contributed by atoms with Crippen LogP contribution in [0, 0.1) is 13.8 Å². The number of hydrogen-bond donors (Lipinski definition) is 1. The molecular formula is C8H11NaO2. The Balaban J connectivity index is 0. The maximum absolute atomic E-state index is 9.04. The molecule has 0 aliphatic heterocycles. The molecule has 0 amide bonds. The van der Waals surface area contributed by atoms with E-state index in [1.807, 2.05) is 26.0 Å². The van der Waals surface area contributed by atoms with E-state index in [1.54, 1.807) is 6.07 Å². The molecule has 0 aliphatic carbocycles. The fourth-order valence-corrected chi connectivity index (χ4v) is 0.805. The first-order chi connectivity index (χ1) is 4.20. The zero-order valence-electron chi connectivity index (χ0n) is 7.13. The molecule has 1 rings (SSSR count). The summed E-state index contributed by atoms with van der Waals surface area (Å²) < 4.78 is 0. The molecule has 0 fully saturated rings. The van der Waals surface area contributed by atoms with Crippen molar-refractivity contribution >= 4 is 0 Å². The summed E-state index contributed by atoms with van der Waals surface area (Å²) in [5.74, 6) is 0.376. The average Bonchev–Trinajstić information content (AvgIpc) is 1.80. The fourth-order valence-electron chi connectivity index (χ4n) is 0.805. The average molecular weight is 162 g/mol. The van der Waals surface area contributed by atoms with Crippen LogP contribution in [0.5, 0.6) is 5.75 Å². The number of rotatable bonds is 0. The number of hydrogen-bond acceptors (Lipinski definition) is 2. The van der Waals surface area contributed by atoms with Crippen molar-refractivity contribution in [3.05, 3.63) is 29.3 Å². The van der Waals surface area contributed by atoms with Gasteiger partial charge in [-0.3, -0.25) is 0 Å². The van der Waals surface area contributed by atoms with Crippen LogP contribution in [-0.4, -0.2) is 10.6 Å². The summed E-state index contributed by atoms with van der Waals surface area (Å²) in [5, 5.41) is 9.04. The van der Waals surface area contributed by atoms with Gasteiger partial charge in [0.2, 0.25) is 0 Å².